The molecule has 0 aromatic heterocycles. The molecule has 0 radical (unpaired) electrons. The number of aliphatic imine (C=N–C) groups is 1. The molecule has 0 saturated carbocycles. The van der Waals surface area contributed by atoms with Crippen LogP contribution >= 0.6 is 23.5 Å². The first-order valence-electron chi connectivity index (χ1n) is 5.09. The van der Waals surface area contributed by atoms with Crippen LogP contribution in [0.4, 0.5) is 0 Å². The van der Waals surface area contributed by atoms with E-state index in [0.29, 0.717) is 18.0 Å². The minimum Gasteiger partial charge on any atom is -0.362 e. The Balaban J connectivity index is 2.36. The van der Waals surface area contributed by atoms with Crippen LogP contribution in [0.1, 0.15) is 20.8 Å². The van der Waals surface area contributed by atoms with Crippen molar-refractivity contribution in [1.82, 2.24) is 5.32 Å². The maximum Gasteiger partial charge on any atom is 0.157 e. The lowest BCUT2D eigenvalue weighted by molar-refractivity contribution is 0.541. The molecule has 0 aromatic carbocycles. The molecule has 1 heterocycles. The van der Waals surface area contributed by atoms with Crippen molar-refractivity contribution in [3.05, 3.63) is 0 Å². The molecule has 1 aliphatic rings. The summed E-state index contributed by atoms with van der Waals surface area (Å²) in [4.78, 5) is 4.67. The molecule has 2 nitrogen and oxygen atoms in total. The van der Waals surface area contributed by atoms with Crippen LogP contribution < -0.4 is 5.32 Å². The second-order valence-electron chi connectivity index (χ2n) is 4.06. The highest BCUT2D eigenvalue weighted by molar-refractivity contribution is 8.14. The average Bonchev–Trinajstić information content (AvgIpc) is 2.53. The van der Waals surface area contributed by atoms with E-state index >= 15 is 0 Å². The highest BCUT2D eigenvalue weighted by Gasteiger charge is 2.21. The Morgan fingerprint density at radius 2 is 2.29 bits per heavy atom. The predicted molar refractivity (Wildman–Crippen MR) is 69.5 cm³/mol. The van der Waals surface area contributed by atoms with Crippen molar-refractivity contribution in [3.8, 4) is 0 Å². The summed E-state index contributed by atoms with van der Waals surface area (Å²) in [6, 6.07) is 1.05. The Morgan fingerprint density at radius 3 is 2.79 bits per heavy atom. The van der Waals surface area contributed by atoms with Gasteiger partial charge >= 0.3 is 0 Å². The van der Waals surface area contributed by atoms with Gasteiger partial charge in [-0.15, -0.1) is 0 Å². The fraction of sp³-hybridized carbons (Fsp3) is 0.900. The zero-order chi connectivity index (χ0) is 10.6. The molecular weight excluding hydrogens is 212 g/mol. The van der Waals surface area contributed by atoms with Crippen molar-refractivity contribution < 1.29 is 0 Å². The Kier molecular flexibility index (Phi) is 5.17. The van der Waals surface area contributed by atoms with Crippen molar-refractivity contribution in [2.75, 3.05) is 17.8 Å². The van der Waals surface area contributed by atoms with Gasteiger partial charge in [0.2, 0.25) is 0 Å². The Labute approximate surface area is 95.7 Å². The summed E-state index contributed by atoms with van der Waals surface area (Å²) < 4.78 is 0. The topological polar surface area (TPSA) is 24.4 Å². The van der Waals surface area contributed by atoms with Gasteiger partial charge in [-0.1, -0.05) is 25.6 Å². The van der Waals surface area contributed by atoms with Gasteiger partial charge in [-0.2, -0.15) is 11.8 Å². The van der Waals surface area contributed by atoms with Crippen LogP contribution in [0, 0.1) is 5.92 Å². The lowest BCUT2D eigenvalue weighted by atomic mass is 10.1. The molecule has 0 fully saturated rings. The summed E-state index contributed by atoms with van der Waals surface area (Å²) in [5.41, 5.74) is 0. The second-order valence-corrected chi connectivity index (χ2v) is 5.98. The Bertz CT molecular complexity index is 204. The van der Waals surface area contributed by atoms with Crippen molar-refractivity contribution in [1.29, 1.82) is 0 Å². The normalized spacial score (nSPS) is 23.8. The third-order valence-corrected chi connectivity index (χ3v) is 4.07. The molecule has 14 heavy (non-hydrogen) atoms. The molecule has 0 saturated heterocycles. The molecule has 0 aromatic rings. The fourth-order valence-corrected chi connectivity index (χ4v) is 3.18. The van der Waals surface area contributed by atoms with E-state index in [-0.39, 0.29) is 0 Å². The van der Waals surface area contributed by atoms with E-state index in [1.54, 1.807) is 0 Å². The molecule has 1 aliphatic heterocycles. The van der Waals surface area contributed by atoms with Crippen molar-refractivity contribution in [2.45, 2.75) is 32.9 Å². The standard InChI is InChI=1S/C10H20N2S2/c1-7(2)9-6-14-10(12-9)11-8(3)5-13-4/h7-9H,5-6H2,1-4H3,(H,11,12)/t8?,9-/m1/s1. The SMILES string of the molecule is CSCC(C)NC1=N[C@@H](C(C)C)CS1. The Hall–Kier alpha value is 0.170. The van der Waals surface area contributed by atoms with E-state index < -0.39 is 0 Å². The number of amidine groups is 1. The maximum atomic E-state index is 4.67. The van der Waals surface area contributed by atoms with E-state index in [9.17, 15) is 0 Å². The zero-order valence-corrected chi connectivity index (χ0v) is 11.0. The quantitative estimate of drug-likeness (QED) is 0.806. The van der Waals surface area contributed by atoms with Crippen LogP contribution in [0.15, 0.2) is 4.99 Å². The molecule has 0 amide bonds. The monoisotopic (exact) mass is 232 g/mol. The molecule has 2 atom stereocenters. The van der Waals surface area contributed by atoms with E-state index in [2.05, 4.69) is 37.3 Å². The number of thioether (sulfide) groups is 2. The first kappa shape index (κ1) is 12.2. The first-order chi connectivity index (χ1) is 6.63. The zero-order valence-electron chi connectivity index (χ0n) is 9.41. The van der Waals surface area contributed by atoms with E-state index in [0.717, 1.165) is 16.7 Å². The van der Waals surface area contributed by atoms with Crippen molar-refractivity contribution in [3.63, 3.8) is 0 Å². The highest BCUT2D eigenvalue weighted by Crippen LogP contribution is 2.22. The molecule has 0 aliphatic carbocycles. The summed E-state index contributed by atoms with van der Waals surface area (Å²) in [5.74, 6) is 2.95. The van der Waals surface area contributed by atoms with Gasteiger partial charge in [0.15, 0.2) is 5.17 Å². The Morgan fingerprint density at radius 1 is 1.57 bits per heavy atom. The number of hydrogen-bond acceptors (Lipinski definition) is 4. The van der Waals surface area contributed by atoms with Crippen LogP contribution in [0.2, 0.25) is 0 Å². The van der Waals surface area contributed by atoms with Gasteiger partial charge in [0.25, 0.3) is 0 Å². The van der Waals surface area contributed by atoms with E-state index in [1.807, 2.05) is 23.5 Å². The number of rotatable bonds is 4. The molecule has 4 heteroatoms. The van der Waals surface area contributed by atoms with Crippen molar-refractivity contribution in [2.24, 2.45) is 10.9 Å². The summed E-state index contributed by atoms with van der Waals surface area (Å²) in [6.45, 7) is 6.69. The van der Waals surface area contributed by atoms with Gasteiger partial charge in [-0.25, -0.2) is 0 Å². The summed E-state index contributed by atoms with van der Waals surface area (Å²) >= 11 is 3.74. The molecule has 0 spiro atoms. The molecule has 1 N–H and O–H groups in total. The van der Waals surface area contributed by atoms with Gasteiger partial charge in [0.05, 0.1) is 6.04 Å². The van der Waals surface area contributed by atoms with Gasteiger partial charge in [-0.05, 0) is 19.1 Å². The van der Waals surface area contributed by atoms with E-state index in [4.69, 9.17) is 0 Å². The van der Waals surface area contributed by atoms with Gasteiger partial charge in [0, 0.05) is 17.5 Å². The van der Waals surface area contributed by atoms with Crippen LogP contribution in [-0.4, -0.2) is 35.0 Å². The number of nitrogens with one attached hydrogen (secondary N) is 1. The highest BCUT2D eigenvalue weighted by atomic mass is 32.2. The average molecular weight is 232 g/mol. The minimum absolute atomic E-state index is 0.518. The smallest absolute Gasteiger partial charge is 0.157 e. The molecule has 82 valence electrons. The lowest BCUT2D eigenvalue weighted by Crippen LogP contribution is -2.31. The number of hydrogen-bond donors (Lipinski definition) is 1. The second kappa shape index (κ2) is 5.91. The molecule has 0 bridgehead atoms. The van der Waals surface area contributed by atoms with Crippen LogP contribution in [-0.2, 0) is 0 Å². The molecular formula is C10H20N2S2. The predicted octanol–water partition coefficient (Wildman–Crippen LogP) is 2.45. The van der Waals surface area contributed by atoms with Crippen LogP contribution in [0.3, 0.4) is 0 Å². The molecule has 1 rings (SSSR count). The fourth-order valence-electron chi connectivity index (χ4n) is 1.31. The summed E-state index contributed by atoms with van der Waals surface area (Å²) in [6.07, 6.45) is 2.14. The third-order valence-electron chi connectivity index (χ3n) is 2.23. The van der Waals surface area contributed by atoms with Gasteiger partial charge < -0.3 is 5.32 Å². The molecule has 1 unspecified atom stereocenters. The van der Waals surface area contributed by atoms with E-state index in [1.165, 1.54) is 0 Å². The first-order valence-corrected chi connectivity index (χ1v) is 7.47. The van der Waals surface area contributed by atoms with Gasteiger partial charge in [0.1, 0.15) is 0 Å². The van der Waals surface area contributed by atoms with Crippen LogP contribution in [0.5, 0.6) is 0 Å². The maximum absolute atomic E-state index is 4.67. The number of nitrogens with zero attached hydrogens (tertiary/aromatic N) is 1. The summed E-state index contributed by atoms with van der Waals surface area (Å²) in [7, 11) is 0. The van der Waals surface area contributed by atoms with Crippen LogP contribution in [0.25, 0.3) is 0 Å². The largest absolute Gasteiger partial charge is 0.362 e. The minimum atomic E-state index is 0.518. The third kappa shape index (κ3) is 3.73. The summed E-state index contributed by atoms with van der Waals surface area (Å²) in [5, 5.41) is 4.60. The lowest BCUT2D eigenvalue weighted by Gasteiger charge is -2.12. The van der Waals surface area contributed by atoms with Gasteiger partial charge in [-0.3, -0.25) is 4.99 Å². The van der Waals surface area contributed by atoms with Crippen molar-refractivity contribution >= 4 is 28.7 Å².